The molecule has 1 atom stereocenters. The topological polar surface area (TPSA) is 105 Å². The Kier molecular flexibility index (Phi) is 5.25. The molecule has 2 N–H and O–H groups in total. The van der Waals surface area contributed by atoms with Gasteiger partial charge in [-0.05, 0) is 36.4 Å². The molecule has 0 spiro atoms. The fourth-order valence-corrected chi connectivity index (χ4v) is 4.33. The van der Waals surface area contributed by atoms with Crippen molar-refractivity contribution in [1.29, 1.82) is 0 Å². The predicted molar refractivity (Wildman–Crippen MR) is 126 cm³/mol. The number of benzene rings is 3. The van der Waals surface area contributed by atoms with Crippen molar-refractivity contribution in [3.63, 3.8) is 0 Å². The molecule has 8 heteroatoms. The molecule has 0 saturated carbocycles. The molecule has 0 aliphatic carbocycles. The maximum atomic E-state index is 13.6. The minimum Gasteiger partial charge on any atom is -0.497 e. The maximum absolute atomic E-state index is 13.6. The van der Waals surface area contributed by atoms with Gasteiger partial charge in [0, 0.05) is 28.4 Å². The smallest absolute Gasteiger partial charge is 0.335 e. The van der Waals surface area contributed by atoms with Gasteiger partial charge in [-0.2, -0.15) is 5.10 Å². The molecule has 0 saturated heterocycles. The van der Waals surface area contributed by atoms with Crippen LogP contribution in [0, 0.1) is 0 Å². The number of aromatic carboxylic acids is 1. The lowest BCUT2D eigenvalue weighted by atomic mass is 9.95. The number of fused-ring (bicyclic) bond motifs is 1. The first-order valence-electron chi connectivity index (χ1n) is 10.6. The van der Waals surface area contributed by atoms with E-state index in [4.69, 9.17) is 9.47 Å². The monoisotopic (exact) mass is 455 g/mol. The van der Waals surface area contributed by atoms with E-state index in [0.29, 0.717) is 28.6 Å². The standard InChI is InChI=1S/C26H21N3O5/c1-33-18-12-13-19(20(14-18)34-2)24-21-22(15-6-4-3-5-7-15)27-28-23(21)25(30)29(24)17-10-8-16(9-11-17)26(31)32/h3-14,24H,1-2H3,(H,27,28)(H,31,32)/t24-/m1/s1. The summed E-state index contributed by atoms with van der Waals surface area (Å²) in [5, 5.41) is 16.7. The minimum atomic E-state index is -1.03. The van der Waals surface area contributed by atoms with Gasteiger partial charge in [0.2, 0.25) is 0 Å². The number of methoxy groups -OCH3 is 2. The van der Waals surface area contributed by atoms with E-state index in [1.807, 2.05) is 42.5 Å². The number of nitrogens with zero attached hydrogens (tertiary/aromatic N) is 2. The van der Waals surface area contributed by atoms with Gasteiger partial charge in [0.15, 0.2) is 0 Å². The molecule has 1 aliphatic rings. The van der Waals surface area contributed by atoms with E-state index >= 15 is 0 Å². The second kappa shape index (κ2) is 8.40. The minimum absolute atomic E-state index is 0.138. The average molecular weight is 455 g/mol. The van der Waals surface area contributed by atoms with Gasteiger partial charge < -0.3 is 14.6 Å². The van der Waals surface area contributed by atoms with Crippen LogP contribution in [0.25, 0.3) is 11.3 Å². The highest BCUT2D eigenvalue weighted by Crippen LogP contribution is 2.47. The third-order valence-electron chi connectivity index (χ3n) is 5.94. The van der Waals surface area contributed by atoms with E-state index < -0.39 is 12.0 Å². The zero-order valence-corrected chi connectivity index (χ0v) is 18.5. The SMILES string of the molecule is COc1ccc([C@@H]2c3c(-c4ccccc4)n[nH]c3C(=O)N2c2ccc(C(=O)O)cc2)c(OC)c1. The predicted octanol–water partition coefficient (Wildman–Crippen LogP) is 4.54. The van der Waals surface area contributed by atoms with Gasteiger partial charge in [-0.15, -0.1) is 0 Å². The number of carbonyl (C=O) groups is 2. The van der Waals surface area contributed by atoms with Crippen LogP contribution in [0.4, 0.5) is 5.69 Å². The number of H-pyrrole nitrogens is 1. The van der Waals surface area contributed by atoms with Crippen molar-refractivity contribution in [2.45, 2.75) is 6.04 Å². The van der Waals surface area contributed by atoms with Crippen molar-refractivity contribution in [3.05, 3.63) is 95.2 Å². The quantitative estimate of drug-likeness (QED) is 0.442. The number of hydrogen-bond acceptors (Lipinski definition) is 5. The summed E-state index contributed by atoms with van der Waals surface area (Å²) in [5.41, 5.74) is 4.08. The van der Waals surface area contributed by atoms with Crippen molar-refractivity contribution in [3.8, 4) is 22.8 Å². The van der Waals surface area contributed by atoms with Crippen LogP contribution in [-0.4, -0.2) is 41.4 Å². The van der Waals surface area contributed by atoms with E-state index in [2.05, 4.69) is 10.2 Å². The van der Waals surface area contributed by atoms with Crippen molar-refractivity contribution in [2.75, 3.05) is 19.1 Å². The molecule has 1 amide bonds. The van der Waals surface area contributed by atoms with Crippen LogP contribution >= 0.6 is 0 Å². The normalized spacial score (nSPS) is 14.7. The average Bonchev–Trinajstić information content (AvgIpc) is 3.43. The summed E-state index contributed by atoms with van der Waals surface area (Å²) in [4.78, 5) is 26.6. The van der Waals surface area contributed by atoms with E-state index in [1.165, 1.54) is 12.1 Å². The van der Waals surface area contributed by atoms with Crippen molar-refractivity contribution >= 4 is 17.6 Å². The Morgan fingerprint density at radius 3 is 2.38 bits per heavy atom. The molecule has 5 rings (SSSR count). The summed E-state index contributed by atoms with van der Waals surface area (Å²) in [6, 6.07) is 20.7. The van der Waals surface area contributed by atoms with Gasteiger partial charge in [-0.25, -0.2) is 4.79 Å². The first-order valence-corrected chi connectivity index (χ1v) is 10.6. The highest BCUT2D eigenvalue weighted by atomic mass is 16.5. The summed E-state index contributed by atoms with van der Waals surface area (Å²) in [5.74, 6) is -0.126. The number of hydrogen-bond donors (Lipinski definition) is 2. The summed E-state index contributed by atoms with van der Waals surface area (Å²) in [6.07, 6.45) is 0. The molecule has 170 valence electrons. The number of nitrogens with one attached hydrogen (secondary N) is 1. The molecule has 0 bridgehead atoms. The number of carboxylic acids is 1. The van der Waals surface area contributed by atoms with E-state index in [-0.39, 0.29) is 11.5 Å². The number of carbonyl (C=O) groups excluding carboxylic acids is 1. The van der Waals surface area contributed by atoms with Crippen molar-refractivity contribution < 1.29 is 24.2 Å². The van der Waals surface area contributed by atoms with Gasteiger partial charge in [-0.1, -0.05) is 30.3 Å². The first-order chi connectivity index (χ1) is 16.5. The van der Waals surface area contributed by atoms with Crippen LogP contribution in [-0.2, 0) is 0 Å². The number of anilines is 1. The number of aromatic nitrogens is 2. The number of ether oxygens (including phenoxy) is 2. The molecule has 2 heterocycles. The molecular weight excluding hydrogens is 434 g/mol. The molecule has 8 nitrogen and oxygen atoms in total. The Morgan fingerprint density at radius 1 is 1.00 bits per heavy atom. The van der Waals surface area contributed by atoms with Gasteiger partial charge in [0.05, 0.1) is 31.5 Å². The van der Waals surface area contributed by atoms with Crippen LogP contribution in [0.1, 0.15) is 38.0 Å². The number of rotatable bonds is 6. The van der Waals surface area contributed by atoms with E-state index in [9.17, 15) is 14.7 Å². The van der Waals surface area contributed by atoms with Gasteiger partial charge in [0.1, 0.15) is 17.2 Å². The molecule has 34 heavy (non-hydrogen) atoms. The molecular formula is C26H21N3O5. The highest BCUT2D eigenvalue weighted by Gasteiger charge is 2.44. The van der Waals surface area contributed by atoms with Gasteiger partial charge in [0.25, 0.3) is 5.91 Å². The fourth-order valence-electron chi connectivity index (χ4n) is 4.33. The molecule has 4 aromatic rings. The number of amides is 1. The van der Waals surface area contributed by atoms with E-state index in [0.717, 1.165) is 16.7 Å². The largest absolute Gasteiger partial charge is 0.497 e. The highest BCUT2D eigenvalue weighted by molar-refractivity contribution is 6.12. The maximum Gasteiger partial charge on any atom is 0.335 e. The Morgan fingerprint density at radius 2 is 1.74 bits per heavy atom. The fraction of sp³-hybridized carbons (Fsp3) is 0.115. The van der Waals surface area contributed by atoms with Crippen LogP contribution in [0.2, 0.25) is 0 Å². The second-order valence-electron chi connectivity index (χ2n) is 7.76. The number of aromatic amines is 1. The van der Waals surface area contributed by atoms with Crippen LogP contribution in [0.15, 0.2) is 72.8 Å². The Labute approximate surface area is 195 Å². The zero-order chi connectivity index (χ0) is 23.8. The summed E-state index contributed by atoms with van der Waals surface area (Å²) in [7, 11) is 3.14. The molecule has 1 aliphatic heterocycles. The van der Waals surface area contributed by atoms with Gasteiger partial charge >= 0.3 is 5.97 Å². The molecule has 3 aromatic carbocycles. The third-order valence-corrected chi connectivity index (χ3v) is 5.94. The summed E-state index contributed by atoms with van der Waals surface area (Å²) < 4.78 is 11.0. The third kappa shape index (κ3) is 3.36. The Balaban J connectivity index is 1.73. The second-order valence-corrected chi connectivity index (χ2v) is 7.76. The first kappa shape index (κ1) is 21.3. The molecule has 0 fully saturated rings. The van der Waals surface area contributed by atoms with Crippen molar-refractivity contribution in [2.24, 2.45) is 0 Å². The van der Waals surface area contributed by atoms with Crippen LogP contribution in [0.5, 0.6) is 11.5 Å². The molecule has 1 aromatic heterocycles. The molecule has 0 radical (unpaired) electrons. The van der Waals surface area contributed by atoms with Crippen LogP contribution in [0.3, 0.4) is 0 Å². The lowest BCUT2D eigenvalue weighted by molar-refractivity contribution is 0.0696. The van der Waals surface area contributed by atoms with Crippen molar-refractivity contribution in [1.82, 2.24) is 10.2 Å². The zero-order valence-electron chi connectivity index (χ0n) is 18.5. The molecule has 0 unspecified atom stereocenters. The summed E-state index contributed by atoms with van der Waals surface area (Å²) in [6.45, 7) is 0. The number of carboxylic acid groups (broad SMARTS) is 1. The lowest BCUT2D eigenvalue weighted by Crippen LogP contribution is -2.29. The van der Waals surface area contributed by atoms with E-state index in [1.54, 1.807) is 37.3 Å². The summed E-state index contributed by atoms with van der Waals surface area (Å²) >= 11 is 0. The van der Waals surface area contributed by atoms with Gasteiger partial charge in [-0.3, -0.25) is 14.8 Å². The van der Waals surface area contributed by atoms with Crippen LogP contribution < -0.4 is 14.4 Å². The lowest BCUT2D eigenvalue weighted by Gasteiger charge is -2.28. The Bertz CT molecular complexity index is 1380. The Hall–Kier alpha value is -4.59.